The molecule has 11 nitrogen and oxygen atoms in total. The lowest BCUT2D eigenvalue weighted by molar-refractivity contribution is -0.305. The number of nitrogens with one attached hydrogen (secondary N) is 1. The Bertz CT molecular complexity index is 1760. The SMILES string of the molecule is CC/C=C\C/C=C\C/C=C\C/C=C\C/C=C\C/C=C\CCCCCCCCCC(O)C(=O)NC(COC1OC(CO)C(O)C(O)C1OC(=O)CCCCCCC\C=C/C=C/C=C/CC)C(O)/C=C/CCCCCCCCCCCC. The molecule has 6 N–H and O–H groups in total. The number of aliphatic hydroxyl groups excluding tert-OH is 5. The molecule has 1 aliphatic rings. The molecule has 0 saturated carbocycles. The largest absolute Gasteiger partial charge is 0.454 e. The highest BCUT2D eigenvalue weighted by Gasteiger charge is 2.47. The molecule has 1 rings (SSSR count). The molecule has 0 aliphatic carbocycles. The predicted molar refractivity (Wildman–Crippen MR) is 333 cm³/mol. The van der Waals surface area contributed by atoms with Gasteiger partial charge in [-0.3, -0.25) is 9.59 Å². The molecule has 1 saturated heterocycles. The number of ether oxygens (including phenoxy) is 3. The lowest BCUT2D eigenvalue weighted by Crippen LogP contribution is -2.61. The van der Waals surface area contributed by atoms with Crippen molar-refractivity contribution in [1.82, 2.24) is 5.32 Å². The molecular weight excluding hydrogens is 1000 g/mol. The molecule has 0 aromatic rings. The molecule has 1 amide bonds. The number of esters is 1. The second-order valence-corrected chi connectivity index (χ2v) is 21.4. The highest BCUT2D eigenvalue weighted by atomic mass is 16.7. The normalized spacial score (nSPS) is 19.6. The van der Waals surface area contributed by atoms with E-state index in [4.69, 9.17) is 14.2 Å². The number of hydrogen-bond acceptors (Lipinski definition) is 10. The Labute approximate surface area is 487 Å². The van der Waals surface area contributed by atoms with Gasteiger partial charge in [-0.25, -0.2) is 0 Å². The first-order valence-corrected chi connectivity index (χ1v) is 31.8. The van der Waals surface area contributed by atoms with Gasteiger partial charge in [0.1, 0.15) is 24.4 Å². The van der Waals surface area contributed by atoms with E-state index >= 15 is 0 Å². The first-order valence-electron chi connectivity index (χ1n) is 31.8. The van der Waals surface area contributed by atoms with Gasteiger partial charge in [-0.15, -0.1) is 0 Å². The molecule has 80 heavy (non-hydrogen) atoms. The monoisotopic (exact) mass is 1120 g/mol. The number of aliphatic hydroxyl groups is 5. The van der Waals surface area contributed by atoms with Gasteiger partial charge in [0.25, 0.3) is 0 Å². The van der Waals surface area contributed by atoms with E-state index in [0.717, 1.165) is 141 Å². The van der Waals surface area contributed by atoms with Gasteiger partial charge in [0.05, 0.1) is 25.4 Å². The molecule has 8 atom stereocenters. The Morgan fingerprint density at radius 1 is 0.512 bits per heavy atom. The molecule has 0 spiro atoms. The Morgan fingerprint density at radius 3 is 1.49 bits per heavy atom. The average Bonchev–Trinajstić information content (AvgIpc) is 3.51. The quantitative estimate of drug-likeness (QED) is 0.0149. The number of amides is 1. The van der Waals surface area contributed by atoms with Crippen molar-refractivity contribution >= 4 is 11.9 Å². The zero-order valence-electron chi connectivity index (χ0n) is 50.4. The molecular formula is C69H115NO10. The van der Waals surface area contributed by atoms with Gasteiger partial charge in [-0.2, -0.15) is 0 Å². The van der Waals surface area contributed by atoms with Gasteiger partial charge in [0, 0.05) is 6.42 Å². The fraction of sp³-hybridized carbons (Fsp3) is 0.681. The van der Waals surface area contributed by atoms with E-state index in [9.17, 15) is 35.1 Å². The van der Waals surface area contributed by atoms with E-state index in [1.165, 1.54) is 51.4 Å². The van der Waals surface area contributed by atoms with Crippen LogP contribution in [0.1, 0.15) is 239 Å². The van der Waals surface area contributed by atoms with Gasteiger partial charge in [-0.05, 0) is 96.3 Å². The number of rotatable bonds is 52. The summed E-state index contributed by atoms with van der Waals surface area (Å²) >= 11 is 0. The van der Waals surface area contributed by atoms with E-state index in [1.807, 2.05) is 24.3 Å². The van der Waals surface area contributed by atoms with Crippen molar-refractivity contribution in [2.45, 2.75) is 288 Å². The lowest BCUT2D eigenvalue weighted by atomic mass is 9.99. The lowest BCUT2D eigenvalue weighted by Gasteiger charge is -2.41. The van der Waals surface area contributed by atoms with Crippen LogP contribution in [-0.4, -0.2) is 99.6 Å². The van der Waals surface area contributed by atoms with Crippen molar-refractivity contribution in [3.05, 3.63) is 122 Å². The van der Waals surface area contributed by atoms with Crippen molar-refractivity contribution in [2.75, 3.05) is 13.2 Å². The Kier molecular flexibility index (Phi) is 51.5. The van der Waals surface area contributed by atoms with Crippen molar-refractivity contribution in [3.8, 4) is 0 Å². The van der Waals surface area contributed by atoms with E-state index in [0.29, 0.717) is 12.8 Å². The fourth-order valence-corrected chi connectivity index (χ4v) is 9.18. The van der Waals surface area contributed by atoms with Crippen LogP contribution >= 0.6 is 0 Å². The first-order chi connectivity index (χ1) is 39.2. The molecule has 0 aromatic heterocycles. The number of hydrogen-bond donors (Lipinski definition) is 6. The zero-order chi connectivity index (χ0) is 58.2. The number of unbranched alkanes of at least 4 members (excludes halogenated alkanes) is 22. The third-order valence-corrected chi connectivity index (χ3v) is 14.2. The van der Waals surface area contributed by atoms with Crippen LogP contribution in [0.2, 0.25) is 0 Å². The zero-order valence-corrected chi connectivity index (χ0v) is 50.4. The maximum Gasteiger partial charge on any atom is 0.306 e. The maximum atomic E-state index is 13.4. The minimum Gasteiger partial charge on any atom is -0.454 e. The van der Waals surface area contributed by atoms with Crippen LogP contribution in [-0.2, 0) is 23.8 Å². The molecule has 1 fully saturated rings. The highest BCUT2D eigenvalue weighted by Crippen LogP contribution is 2.26. The molecule has 456 valence electrons. The van der Waals surface area contributed by atoms with E-state index in [2.05, 4.69) is 117 Å². The van der Waals surface area contributed by atoms with Crippen molar-refractivity contribution in [2.24, 2.45) is 0 Å². The van der Waals surface area contributed by atoms with Crippen LogP contribution in [0.5, 0.6) is 0 Å². The van der Waals surface area contributed by atoms with Crippen LogP contribution in [0.25, 0.3) is 0 Å². The van der Waals surface area contributed by atoms with Gasteiger partial charge >= 0.3 is 5.97 Å². The highest BCUT2D eigenvalue weighted by molar-refractivity contribution is 5.80. The Balaban J connectivity index is 2.64. The molecule has 1 heterocycles. The standard InChI is InChI=1S/C69H115NO10/c1-4-7-10-13-16-19-22-25-26-27-28-29-30-31-32-33-34-35-36-37-39-41-44-47-50-53-56-62(73)68(77)70-60(61(72)55-52-49-46-43-40-24-21-18-15-12-9-6-3)59-78-69-67(66(76)65(75)63(58-71)79-69)80-64(74)57-54-51-48-45-42-38-23-20-17-14-11-8-5-2/h7-8,10-11,14,16-17,19-20,23,25-26,28-29,31-32,34-35,52,55,60-63,65-67,69,71-73,75-76H,4-6,9,12-13,15,18,21-22,24,27,30,33,36-51,53-54,56-59H2,1-3H3,(H,70,77)/b10-7-,11-8+,17-14+,19-16-,23-20-,26-25-,29-28-,32-31-,35-34-,55-52+. The Morgan fingerprint density at radius 2 is 0.963 bits per heavy atom. The molecule has 8 unspecified atom stereocenters. The second-order valence-electron chi connectivity index (χ2n) is 21.4. The van der Waals surface area contributed by atoms with Gasteiger partial charge < -0.3 is 45.1 Å². The molecule has 0 bridgehead atoms. The maximum absolute atomic E-state index is 13.4. The summed E-state index contributed by atoms with van der Waals surface area (Å²) < 4.78 is 17.6. The summed E-state index contributed by atoms with van der Waals surface area (Å²) in [7, 11) is 0. The fourth-order valence-electron chi connectivity index (χ4n) is 9.18. The molecule has 0 radical (unpaired) electrons. The molecule has 1 aliphatic heterocycles. The van der Waals surface area contributed by atoms with Crippen molar-refractivity contribution in [3.63, 3.8) is 0 Å². The second kappa shape index (κ2) is 55.6. The van der Waals surface area contributed by atoms with Crippen LogP contribution < -0.4 is 5.32 Å². The van der Waals surface area contributed by atoms with Crippen LogP contribution in [0, 0.1) is 0 Å². The molecule has 11 heteroatoms. The van der Waals surface area contributed by atoms with Crippen LogP contribution in [0.3, 0.4) is 0 Å². The summed E-state index contributed by atoms with van der Waals surface area (Å²) in [5.74, 6) is -1.23. The van der Waals surface area contributed by atoms with Crippen LogP contribution in [0.15, 0.2) is 122 Å². The Hall–Kier alpha value is -3.94. The topological polar surface area (TPSA) is 175 Å². The van der Waals surface area contributed by atoms with Crippen molar-refractivity contribution < 1.29 is 49.3 Å². The predicted octanol–water partition coefficient (Wildman–Crippen LogP) is 15.4. The summed E-state index contributed by atoms with van der Waals surface area (Å²) in [5, 5.41) is 57.0. The number of carbonyl (C=O) groups excluding carboxylic acids is 2. The van der Waals surface area contributed by atoms with Gasteiger partial charge in [-0.1, -0.05) is 258 Å². The van der Waals surface area contributed by atoms with E-state index in [1.54, 1.807) is 6.08 Å². The number of carbonyl (C=O) groups is 2. The summed E-state index contributed by atoms with van der Waals surface area (Å²) in [6.45, 7) is 5.51. The summed E-state index contributed by atoms with van der Waals surface area (Å²) in [5.41, 5.74) is 0. The van der Waals surface area contributed by atoms with Crippen molar-refractivity contribution in [1.29, 1.82) is 0 Å². The third-order valence-electron chi connectivity index (χ3n) is 14.2. The summed E-state index contributed by atoms with van der Waals surface area (Å²) in [4.78, 5) is 26.5. The minimum atomic E-state index is -1.63. The average molecular weight is 1120 g/mol. The van der Waals surface area contributed by atoms with Gasteiger partial charge in [0.2, 0.25) is 5.91 Å². The van der Waals surface area contributed by atoms with Crippen LogP contribution in [0.4, 0.5) is 0 Å². The summed E-state index contributed by atoms with van der Waals surface area (Å²) in [6.07, 6.45) is 66.7. The smallest absolute Gasteiger partial charge is 0.306 e. The first kappa shape index (κ1) is 74.1. The van der Waals surface area contributed by atoms with E-state index in [-0.39, 0.29) is 19.4 Å². The van der Waals surface area contributed by atoms with Gasteiger partial charge in [0.15, 0.2) is 12.4 Å². The minimum absolute atomic E-state index is 0.0935. The summed E-state index contributed by atoms with van der Waals surface area (Å²) in [6, 6.07) is -1.04. The third kappa shape index (κ3) is 42.8. The number of allylic oxidation sites excluding steroid dienone is 19. The molecule has 0 aromatic carbocycles. The van der Waals surface area contributed by atoms with E-state index < -0.39 is 67.4 Å².